The van der Waals surface area contributed by atoms with Crippen LogP contribution < -0.4 is 5.32 Å². The summed E-state index contributed by atoms with van der Waals surface area (Å²) in [6, 6.07) is 6.77. The van der Waals surface area contributed by atoms with E-state index >= 15 is 0 Å². The Bertz CT molecular complexity index is 527. The number of carbonyl (C=O) groups excluding carboxylic acids is 1. The van der Waals surface area contributed by atoms with E-state index in [2.05, 4.69) is 5.32 Å². The number of aliphatic carboxylic acids is 1. The Morgan fingerprint density at radius 3 is 2.60 bits per heavy atom. The van der Waals surface area contributed by atoms with Crippen molar-refractivity contribution in [3.05, 3.63) is 41.5 Å². The minimum absolute atomic E-state index is 0.147. The molecule has 1 atom stereocenters. The maximum atomic E-state index is 12.1. The SMILES string of the molecule is CC1(NC(=O)c2ccc(/C=C/C(=O)O)cc2)CCOC1. The molecule has 0 spiro atoms. The molecule has 1 aliphatic heterocycles. The molecule has 5 nitrogen and oxygen atoms in total. The van der Waals surface area contributed by atoms with Gasteiger partial charge in [0, 0.05) is 18.2 Å². The highest BCUT2D eigenvalue weighted by Crippen LogP contribution is 2.18. The van der Waals surface area contributed by atoms with E-state index < -0.39 is 5.97 Å². The van der Waals surface area contributed by atoms with Crippen molar-refractivity contribution < 1.29 is 19.4 Å². The minimum atomic E-state index is -0.999. The summed E-state index contributed by atoms with van der Waals surface area (Å²) in [5.74, 6) is -1.15. The predicted octanol–water partition coefficient (Wildman–Crippen LogP) is 1.69. The monoisotopic (exact) mass is 275 g/mol. The first-order chi connectivity index (χ1) is 9.48. The summed E-state index contributed by atoms with van der Waals surface area (Å²) < 4.78 is 5.29. The number of hydrogen-bond acceptors (Lipinski definition) is 3. The Balaban J connectivity index is 2.02. The molecule has 5 heteroatoms. The molecule has 2 N–H and O–H groups in total. The van der Waals surface area contributed by atoms with Gasteiger partial charge in [-0.2, -0.15) is 0 Å². The second kappa shape index (κ2) is 5.88. The van der Waals surface area contributed by atoms with E-state index in [1.807, 2.05) is 6.92 Å². The molecule has 1 fully saturated rings. The number of benzene rings is 1. The third-order valence-electron chi connectivity index (χ3n) is 3.23. The summed E-state index contributed by atoms with van der Waals surface area (Å²) in [4.78, 5) is 22.5. The standard InChI is InChI=1S/C15H17NO4/c1-15(8-9-20-10-15)16-14(19)12-5-2-11(3-6-12)4-7-13(17)18/h2-7H,8-10H2,1H3,(H,16,19)(H,17,18)/b7-4+. The van der Waals surface area contributed by atoms with Gasteiger partial charge in [0.2, 0.25) is 0 Å². The van der Waals surface area contributed by atoms with Crippen molar-refractivity contribution >= 4 is 18.0 Å². The van der Waals surface area contributed by atoms with Crippen LogP contribution in [-0.4, -0.2) is 35.7 Å². The molecular weight excluding hydrogens is 258 g/mol. The van der Waals surface area contributed by atoms with Gasteiger partial charge in [0.15, 0.2) is 0 Å². The molecule has 20 heavy (non-hydrogen) atoms. The Morgan fingerprint density at radius 2 is 2.05 bits per heavy atom. The van der Waals surface area contributed by atoms with E-state index in [9.17, 15) is 9.59 Å². The van der Waals surface area contributed by atoms with Crippen molar-refractivity contribution in [1.29, 1.82) is 0 Å². The number of nitrogens with one attached hydrogen (secondary N) is 1. The lowest BCUT2D eigenvalue weighted by atomic mass is 10.0. The van der Waals surface area contributed by atoms with E-state index in [4.69, 9.17) is 9.84 Å². The highest BCUT2D eigenvalue weighted by atomic mass is 16.5. The largest absolute Gasteiger partial charge is 0.478 e. The molecule has 1 aromatic rings. The van der Waals surface area contributed by atoms with Gasteiger partial charge in [-0.25, -0.2) is 4.79 Å². The molecule has 2 rings (SSSR count). The van der Waals surface area contributed by atoms with E-state index in [1.165, 1.54) is 6.08 Å². The lowest BCUT2D eigenvalue weighted by Gasteiger charge is -2.23. The molecule has 0 radical (unpaired) electrons. The predicted molar refractivity (Wildman–Crippen MR) is 74.4 cm³/mol. The average Bonchev–Trinajstić information content (AvgIpc) is 2.83. The summed E-state index contributed by atoms with van der Waals surface area (Å²) in [6.07, 6.45) is 3.35. The van der Waals surface area contributed by atoms with Crippen molar-refractivity contribution in [2.45, 2.75) is 18.9 Å². The molecule has 1 aromatic carbocycles. The fourth-order valence-corrected chi connectivity index (χ4v) is 2.02. The molecule has 1 saturated heterocycles. The summed E-state index contributed by atoms with van der Waals surface area (Å²) >= 11 is 0. The van der Waals surface area contributed by atoms with Gasteiger partial charge in [-0.3, -0.25) is 4.79 Å². The number of hydrogen-bond donors (Lipinski definition) is 2. The quantitative estimate of drug-likeness (QED) is 0.820. The van der Waals surface area contributed by atoms with Gasteiger partial charge < -0.3 is 15.2 Å². The van der Waals surface area contributed by atoms with Crippen molar-refractivity contribution in [3.8, 4) is 0 Å². The zero-order valence-corrected chi connectivity index (χ0v) is 11.3. The highest BCUT2D eigenvalue weighted by molar-refractivity contribution is 5.95. The van der Waals surface area contributed by atoms with E-state index in [1.54, 1.807) is 24.3 Å². The smallest absolute Gasteiger partial charge is 0.328 e. The van der Waals surface area contributed by atoms with Crippen LogP contribution in [0, 0.1) is 0 Å². The van der Waals surface area contributed by atoms with Crippen LogP contribution in [0.4, 0.5) is 0 Å². The molecule has 0 saturated carbocycles. The van der Waals surface area contributed by atoms with Crippen LogP contribution >= 0.6 is 0 Å². The molecule has 0 aromatic heterocycles. The van der Waals surface area contributed by atoms with Gasteiger partial charge in [-0.05, 0) is 37.1 Å². The first-order valence-electron chi connectivity index (χ1n) is 6.40. The van der Waals surface area contributed by atoms with Gasteiger partial charge in [0.1, 0.15) is 0 Å². The van der Waals surface area contributed by atoms with Crippen molar-refractivity contribution in [3.63, 3.8) is 0 Å². The summed E-state index contributed by atoms with van der Waals surface area (Å²) in [5, 5.41) is 11.5. The molecule has 1 aliphatic rings. The second-order valence-electron chi connectivity index (χ2n) is 5.11. The number of amides is 1. The van der Waals surface area contributed by atoms with Gasteiger partial charge in [0.25, 0.3) is 5.91 Å². The molecule has 0 bridgehead atoms. The summed E-state index contributed by atoms with van der Waals surface area (Å²) in [5.41, 5.74) is 0.976. The van der Waals surface area contributed by atoms with E-state index in [0.29, 0.717) is 18.8 Å². The lowest BCUT2D eigenvalue weighted by Crippen LogP contribution is -2.46. The first-order valence-corrected chi connectivity index (χ1v) is 6.40. The molecule has 106 valence electrons. The number of rotatable bonds is 4. The van der Waals surface area contributed by atoms with Crippen LogP contribution in [0.3, 0.4) is 0 Å². The van der Waals surface area contributed by atoms with Gasteiger partial charge in [0.05, 0.1) is 12.1 Å². The molecule has 1 unspecified atom stereocenters. The first kappa shape index (κ1) is 14.3. The third-order valence-corrected chi connectivity index (χ3v) is 3.23. The van der Waals surface area contributed by atoms with Crippen molar-refractivity contribution in [1.82, 2.24) is 5.32 Å². The molecule has 0 aliphatic carbocycles. The van der Waals surface area contributed by atoms with Crippen molar-refractivity contribution in [2.24, 2.45) is 0 Å². The number of carboxylic acids is 1. The molecule has 1 heterocycles. The third kappa shape index (κ3) is 3.68. The fourth-order valence-electron chi connectivity index (χ4n) is 2.02. The number of ether oxygens (including phenoxy) is 1. The fraction of sp³-hybridized carbons (Fsp3) is 0.333. The van der Waals surface area contributed by atoms with Gasteiger partial charge in [-0.1, -0.05) is 12.1 Å². The van der Waals surface area contributed by atoms with Gasteiger partial charge in [-0.15, -0.1) is 0 Å². The van der Waals surface area contributed by atoms with Gasteiger partial charge >= 0.3 is 5.97 Å². The maximum absolute atomic E-state index is 12.1. The van der Waals surface area contributed by atoms with Crippen LogP contribution in [0.15, 0.2) is 30.3 Å². The Labute approximate surface area is 117 Å². The van der Waals surface area contributed by atoms with Crippen LogP contribution in [-0.2, 0) is 9.53 Å². The number of carbonyl (C=O) groups is 2. The topological polar surface area (TPSA) is 75.6 Å². The van der Waals surface area contributed by atoms with Crippen LogP contribution in [0.5, 0.6) is 0 Å². The van der Waals surface area contributed by atoms with E-state index in [0.717, 1.165) is 18.1 Å². The highest BCUT2D eigenvalue weighted by Gasteiger charge is 2.31. The zero-order valence-electron chi connectivity index (χ0n) is 11.3. The molecule has 1 amide bonds. The van der Waals surface area contributed by atoms with Crippen LogP contribution in [0.25, 0.3) is 6.08 Å². The molecular formula is C15H17NO4. The summed E-state index contributed by atoms with van der Waals surface area (Å²) in [7, 11) is 0. The van der Waals surface area contributed by atoms with E-state index in [-0.39, 0.29) is 11.4 Å². The van der Waals surface area contributed by atoms with Crippen LogP contribution in [0.2, 0.25) is 0 Å². The Kier molecular flexibility index (Phi) is 4.20. The summed E-state index contributed by atoms with van der Waals surface area (Å²) in [6.45, 7) is 3.15. The Hall–Kier alpha value is -2.14. The minimum Gasteiger partial charge on any atom is -0.478 e. The second-order valence-corrected chi connectivity index (χ2v) is 5.11. The van der Waals surface area contributed by atoms with Crippen molar-refractivity contribution in [2.75, 3.05) is 13.2 Å². The number of carboxylic acid groups (broad SMARTS) is 1. The normalized spacial score (nSPS) is 22.1. The Morgan fingerprint density at radius 1 is 1.35 bits per heavy atom. The average molecular weight is 275 g/mol. The lowest BCUT2D eigenvalue weighted by molar-refractivity contribution is -0.131. The zero-order chi connectivity index (χ0) is 14.6. The van der Waals surface area contributed by atoms with Crippen LogP contribution in [0.1, 0.15) is 29.3 Å². The maximum Gasteiger partial charge on any atom is 0.328 e.